The lowest BCUT2D eigenvalue weighted by Gasteiger charge is -2.44. The summed E-state index contributed by atoms with van der Waals surface area (Å²) in [6, 6.07) is 18.1. The minimum atomic E-state index is -0.355. The highest BCUT2D eigenvalue weighted by atomic mass is 19.1. The zero-order valence-corrected chi connectivity index (χ0v) is 18.4. The molecule has 1 aliphatic carbocycles. The van der Waals surface area contributed by atoms with Crippen LogP contribution < -0.4 is 10.6 Å². The predicted molar refractivity (Wildman–Crippen MR) is 126 cm³/mol. The Labute approximate surface area is 183 Å². The zero-order valence-electron chi connectivity index (χ0n) is 18.4. The van der Waals surface area contributed by atoms with Crippen LogP contribution in [-0.2, 0) is 5.54 Å². The average Bonchev–Trinajstić information content (AvgIpc) is 3.48. The third-order valence-electron chi connectivity index (χ3n) is 6.89. The van der Waals surface area contributed by atoms with Crippen LogP contribution in [0.25, 0.3) is 10.8 Å². The highest BCUT2D eigenvalue weighted by Gasteiger charge is 2.46. The molecule has 1 heterocycles. The Balaban J connectivity index is 1.48. The van der Waals surface area contributed by atoms with Gasteiger partial charge in [0, 0.05) is 35.8 Å². The molecule has 1 saturated heterocycles. The molecule has 0 atom stereocenters. The monoisotopic (exact) mass is 416 g/mol. The quantitative estimate of drug-likeness (QED) is 0.494. The highest BCUT2D eigenvalue weighted by molar-refractivity contribution is 6.00. The Kier molecular flexibility index (Phi) is 4.74. The highest BCUT2D eigenvalue weighted by Crippen LogP contribution is 2.52. The molecule has 3 aromatic carbocycles. The van der Waals surface area contributed by atoms with Gasteiger partial charge in [-0.2, -0.15) is 0 Å². The summed E-state index contributed by atoms with van der Waals surface area (Å²) in [5.41, 5.74) is 10.6. The van der Waals surface area contributed by atoms with Crippen molar-refractivity contribution in [1.29, 1.82) is 0 Å². The Bertz CT molecular complexity index is 1170. The van der Waals surface area contributed by atoms with Crippen molar-refractivity contribution >= 4 is 22.3 Å². The molecule has 160 valence electrons. The fourth-order valence-electron chi connectivity index (χ4n) is 4.59. The first-order valence-corrected chi connectivity index (χ1v) is 10.9. The van der Waals surface area contributed by atoms with E-state index < -0.39 is 0 Å². The zero-order chi connectivity index (χ0) is 21.8. The molecule has 1 aliphatic heterocycles. The molecule has 0 radical (unpaired) electrons. The van der Waals surface area contributed by atoms with Crippen molar-refractivity contribution in [1.82, 2.24) is 4.90 Å². The number of rotatable bonds is 5. The van der Waals surface area contributed by atoms with E-state index in [0.717, 1.165) is 48.0 Å². The van der Waals surface area contributed by atoms with Gasteiger partial charge in [0.15, 0.2) is 0 Å². The number of aliphatic imine (C=N–C) groups is 1. The molecule has 31 heavy (non-hydrogen) atoms. The van der Waals surface area contributed by atoms with Crippen LogP contribution in [0.15, 0.2) is 59.6 Å². The first-order chi connectivity index (χ1) is 14.9. The van der Waals surface area contributed by atoms with Gasteiger partial charge in [0.25, 0.3) is 0 Å². The van der Waals surface area contributed by atoms with Crippen LogP contribution in [0.3, 0.4) is 0 Å². The molecular weight excluding hydrogens is 387 g/mol. The van der Waals surface area contributed by atoms with E-state index in [2.05, 4.69) is 49.0 Å². The minimum Gasteiger partial charge on any atom is -0.383 e. The third-order valence-corrected chi connectivity index (χ3v) is 6.89. The molecule has 0 aromatic heterocycles. The SMILES string of the molecule is Cc1ccc(N2CC(N(C)C)C2)cc1C(N)=NC1(c2ccc(F)c3ccccc23)CC1. The minimum absolute atomic E-state index is 0.193. The molecular formula is C26H29FN4. The van der Waals surface area contributed by atoms with Crippen molar-refractivity contribution in [2.24, 2.45) is 10.7 Å². The summed E-state index contributed by atoms with van der Waals surface area (Å²) in [6.07, 6.45) is 1.86. The number of hydrogen-bond donors (Lipinski definition) is 1. The van der Waals surface area contributed by atoms with Gasteiger partial charge in [-0.05, 0) is 68.6 Å². The van der Waals surface area contributed by atoms with E-state index in [1.807, 2.05) is 30.3 Å². The summed E-state index contributed by atoms with van der Waals surface area (Å²) >= 11 is 0. The Morgan fingerprint density at radius 1 is 1.06 bits per heavy atom. The lowest BCUT2D eigenvalue weighted by molar-refractivity contribution is 0.247. The molecule has 0 bridgehead atoms. The average molecular weight is 417 g/mol. The van der Waals surface area contributed by atoms with E-state index in [-0.39, 0.29) is 11.4 Å². The van der Waals surface area contributed by atoms with Gasteiger partial charge < -0.3 is 15.5 Å². The maximum absolute atomic E-state index is 14.3. The number of benzene rings is 3. The van der Waals surface area contributed by atoms with E-state index >= 15 is 0 Å². The smallest absolute Gasteiger partial charge is 0.131 e. The van der Waals surface area contributed by atoms with Gasteiger partial charge in [-0.1, -0.05) is 36.4 Å². The van der Waals surface area contributed by atoms with Crippen LogP contribution >= 0.6 is 0 Å². The Morgan fingerprint density at radius 3 is 2.45 bits per heavy atom. The van der Waals surface area contributed by atoms with E-state index in [0.29, 0.717) is 17.3 Å². The molecule has 0 amide bonds. The van der Waals surface area contributed by atoms with Crippen molar-refractivity contribution in [2.75, 3.05) is 32.1 Å². The van der Waals surface area contributed by atoms with Gasteiger partial charge in [-0.15, -0.1) is 0 Å². The number of fused-ring (bicyclic) bond motifs is 1. The van der Waals surface area contributed by atoms with Crippen LogP contribution in [-0.4, -0.2) is 44.0 Å². The molecule has 1 saturated carbocycles. The van der Waals surface area contributed by atoms with E-state index in [9.17, 15) is 4.39 Å². The molecule has 4 nitrogen and oxygen atoms in total. The molecule has 3 aromatic rings. The molecule has 2 N–H and O–H groups in total. The summed E-state index contributed by atoms with van der Waals surface area (Å²) in [6.45, 7) is 4.13. The molecule has 2 aliphatic rings. The van der Waals surface area contributed by atoms with Gasteiger partial charge in [-0.3, -0.25) is 4.99 Å². The summed E-state index contributed by atoms with van der Waals surface area (Å²) in [5.74, 6) is 0.371. The number of nitrogens with two attached hydrogens (primary N) is 1. The predicted octanol–water partition coefficient (Wildman–Crippen LogP) is 4.43. The first-order valence-electron chi connectivity index (χ1n) is 10.9. The maximum atomic E-state index is 14.3. The van der Waals surface area contributed by atoms with Gasteiger partial charge in [0.05, 0.1) is 5.54 Å². The Morgan fingerprint density at radius 2 is 1.77 bits per heavy atom. The summed E-state index contributed by atoms with van der Waals surface area (Å²) in [5, 5.41) is 1.57. The van der Waals surface area contributed by atoms with Crippen LogP contribution in [0.2, 0.25) is 0 Å². The van der Waals surface area contributed by atoms with Crippen molar-refractivity contribution in [2.45, 2.75) is 31.3 Å². The van der Waals surface area contributed by atoms with Gasteiger partial charge in [0.2, 0.25) is 0 Å². The van der Waals surface area contributed by atoms with Crippen LogP contribution in [0.4, 0.5) is 10.1 Å². The molecule has 5 rings (SSSR count). The topological polar surface area (TPSA) is 44.9 Å². The van der Waals surface area contributed by atoms with Crippen molar-refractivity contribution < 1.29 is 4.39 Å². The van der Waals surface area contributed by atoms with Crippen molar-refractivity contribution in [3.8, 4) is 0 Å². The molecule has 5 heteroatoms. The van der Waals surface area contributed by atoms with Crippen LogP contribution in [0.5, 0.6) is 0 Å². The normalized spacial score (nSPS) is 18.5. The van der Waals surface area contributed by atoms with Crippen molar-refractivity contribution in [3.63, 3.8) is 0 Å². The largest absolute Gasteiger partial charge is 0.383 e. The fourth-order valence-corrected chi connectivity index (χ4v) is 4.59. The number of anilines is 1. The van der Waals surface area contributed by atoms with Gasteiger partial charge in [0.1, 0.15) is 11.7 Å². The molecule has 0 spiro atoms. The van der Waals surface area contributed by atoms with Crippen LogP contribution in [0.1, 0.15) is 29.5 Å². The maximum Gasteiger partial charge on any atom is 0.131 e. The van der Waals surface area contributed by atoms with Crippen molar-refractivity contribution in [3.05, 3.63) is 77.1 Å². The number of nitrogens with zero attached hydrogens (tertiary/aromatic N) is 3. The lowest BCUT2D eigenvalue weighted by Crippen LogP contribution is -2.57. The number of halogens is 1. The van der Waals surface area contributed by atoms with Crippen LogP contribution in [0, 0.1) is 12.7 Å². The second-order valence-corrected chi connectivity index (χ2v) is 9.19. The fraction of sp³-hybridized carbons (Fsp3) is 0.346. The molecule has 2 fully saturated rings. The standard InChI is InChI=1S/C26H29FN4/c1-17-8-9-18(31-15-19(16-31)30(2)3)14-22(17)25(28)29-26(12-13-26)23-10-11-24(27)21-7-5-4-6-20(21)23/h4-11,14,19H,12-13,15-16H2,1-3H3,(H2,28,29). The Hall–Kier alpha value is -2.92. The van der Waals surface area contributed by atoms with E-state index in [1.54, 1.807) is 6.07 Å². The third kappa shape index (κ3) is 3.47. The van der Waals surface area contributed by atoms with E-state index in [1.165, 1.54) is 5.69 Å². The number of likely N-dealkylation sites (N-methyl/N-ethyl adjacent to an activating group) is 1. The van der Waals surface area contributed by atoms with Gasteiger partial charge >= 0.3 is 0 Å². The second-order valence-electron chi connectivity index (χ2n) is 9.19. The summed E-state index contributed by atoms with van der Waals surface area (Å²) < 4.78 is 14.3. The lowest BCUT2D eigenvalue weighted by atomic mass is 9.96. The number of hydrogen-bond acceptors (Lipinski definition) is 3. The molecule has 0 unspecified atom stereocenters. The summed E-state index contributed by atoms with van der Waals surface area (Å²) in [4.78, 5) is 9.68. The van der Waals surface area contributed by atoms with Gasteiger partial charge in [-0.25, -0.2) is 4.39 Å². The number of aryl methyl sites for hydroxylation is 1. The van der Waals surface area contributed by atoms with E-state index in [4.69, 9.17) is 10.7 Å². The first kappa shape index (κ1) is 20.0. The number of amidine groups is 1. The summed E-state index contributed by atoms with van der Waals surface area (Å²) in [7, 11) is 4.25. The second kappa shape index (κ2) is 7.34.